The van der Waals surface area contributed by atoms with Crippen LogP contribution >= 0.6 is 46.1 Å². The van der Waals surface area contributed by atoms with Crippen molar-refractivity contribution >= 4 is 63.7 Å². The Morgan fingerprint density at radius 3 is 2.22 bits per heavy atom. The van der Waals surface area contributed by atoms with Gasteiger partial charge in [0.1, 0.15) is 5.69 Å². The molecule has 2 N–H and O–H groups in total. The van der Waals surface area contributed by atoms with Gasteiger partial charge in [-0.15, -0.1) is 0 Å². The average molecular weight is 630 g/mol. The number of anilines is 1. The van der Waals surface area contributed by atoms with Crippen LogP contribution in [0.15, 0.2) is 111 Å². The predicted molar refractivity (Wildman–Crippen MR) is 143 cm³/mol. The summed E-state index contributed by atoms with van der Waals surface area (Å²) in [6.45, 7) is 0. The van der Waals surface area contributed by atoms with Crippen molar-refractivity contribution in [2.24, 2.45) is 0 Å². The van der Waals surface area contributed by atoms with Crippen LogP contribution in [0.5, 0.6) is 5.75 Å². The zero-order chi connectivity index (χ0) is 25.7. The fourth-order valence-electron chi connectivity index (χ4n) is 3.12. The van der Waals surface area contributed by atoms with E-state index in [-0.39, 0.29) is 16.9 Å². The van der Waals surface area contributed by atoms with Crippen molar-refractivity contribution in [1.82, 2.24) is 0 Å². The number of nitrogens with zero attached hydrogens (tertiary/aromatic N) is 1. The van der Waals surface area contributed by atoms with E-state index >= 15 is 0 Å². The summed E-state index contributed by atoms with van der Waals surface area (Å²) in [5, 5.41) is 31.9. The zero-order valence-corrected chi connectivity index (χ0v) is 22.1. The molecule has 0 heterocycles. The van der Waals surface area contributed by atoms with Gasteiger partial charge in [0.2, 0.25) is 0 Å². The Labute approximate surface area is 228 Å². The normalized spacial score (nSPS) is 10.6. The van der Waals surface area contributed by atoms with Gasteiger partial charge in [-0.25, -0.2) is 4.79 Å². The Morgan fingerprint density at radius 1 is 0.806 bits per heavy atom. The van der Waals surface area contributed by atoms with Gasteiger partial charge in [-0.1, -0.05) is 53.0 Å². The lowest BCUT2D eigenvalue weighted by molar-refractivity contribution is -0.255. The molecule has 0 unspecified atom stereocenters. The van der Waals surface area contributed by atoms with Crippen LogP contribution in [-0.2, 0) is 0 Å². The number of carbonyl (C=O) groups is 2. The number of benzene rings is 4. The molecule has 0 aliphatic heterocycles. The number of hydrogen-bond acceptors (Lipinski definition) is 8. The molecule has 0 aliphatic rings. The van der Waals surface area contributed by atoms with Gasteiger partial charge in [0.05, 0.1) is 11.5 Å². The second-order valence-corrected chi connectivity index (χ2v) is 10.7. The van der Waals surface area contributed by atoms with Crippen molar-refractivity contribution < 1.29 is 29.8 Å². The molecule has 4 aromatic rings. The second kappa shape index (κ2) is 11.7. The first-order valence-electron chi connectivity index (χ1n) is 10.4. The Bertz CT molecular complexity index is 1410. The molecule has 36 heavy (non-hydrogen) atoms. The van der Waals surface area contributed by atoms with Gasteiger partial charge in [-0.05, 0) is 89.3 Å². The van der Waals surface area contributed by atoms with Gasteiger partial charge >= 0.3 is 5.97 Å². The van der Waals surface area contributed by atoms with E-state index in [1.165, 1.54) is 41.7 Å². The molecule has 0 saturated carbocycles. The number of carbonyl (C=O) groups excluding carboxylic acids is 1. The smallest absolute Gasteiger partial charge is 0.336 e. The van der Waals surface area contributed by atoms with E-state index in [2.05, 4.69) is 22.6 Å². The lowest BCUT2D eigenvalue weighted by Crippen LogP contribution is -2.23. The average Bonchev–Trinajstić information content (AvgIpc) is 2.84. The summed E-state index contributed by atoms with van der Waals surface area (Å²) in [6, 6.07) is 25.3. The van der Waals surface area contributed by atoms with E-state index in [0.29, 0.717) is 20.7 Å². The first-order valence-corrected chi connectivity index (χ1v) is 13.1. The topological polar surface area (TPSA) is 110 Å². The molecule has 0 spiro atoms. The van der Waals surface area contributed by atoms with E-state index < -0.39 is 11.9 Å². The lowest BCUT2D eigenvalue weighted by atomic mass is 10.2. The maximum atomic E-state index is 11.7. The molecule has 7 nitrogen and oxygen atoms in total. The molecule has 0 aliphatic carbocycles. The minimum atomic E-state index is -1.25. The number of carboxylic acids is 2. The summed E-state index contributed by atoms with van der Waals surface area (Å²) < 4.78 is 1.02. The van der Waals surface area contributed by atoms with Crippen LogP contribution < -0.4 is 15.2 Å². The Hall–Kier alpha value is -3.19. The minimum absolute atomic E-state index is 0.0994. The molecule has 0 aromatic heterocycles. The van der Waals surface area contributed by atoms with Crippen LogP contribution in [0.3, 0.4) is 0 Å². The third-order valence-electron chi connectivity index (χ3n) is 4.79. The van der Waals surface area contributed by atoms with Crippen molar-refractivity contribution in [3.63, 3.8) is 0 Å². The summed E-state index contributed by atoms with van der Waals surface area (Å²) in [5.41, 5.74) is 0.540. The van der Waals surface area contributed by atoms with Gasteiger partial charge in [0.25, 0.3) is 0 Å². The maximum absolute atomic E-state index is 11.7. The quantitative estimate of drug-likeness (QED) is 0.174. The van der Waals surface area contributed by atoms with Gasteiger partial charge in [-0.2, -0.15) is 0 Å². The summed E-state index contributed by atoms with van der Waals surface area (Å²) in [6.07, 6.45) is 0. The summed E-state index contributed by atoms with van der Waals surface area (Å²) >= 11 is 4.73. The van der Waals surface area contributed by atoms with Crippen LogP contribution in [0.1, 0.15) is 20.7 Å². The molecule has 182 valence electrons. The van der Waals surface area contributed by atoms with E-state index in [4.69, 9.17) is 4.84 Å². The van der Waals surface area contributed by atoms with E-state index in [9.17, 15) is 25.0 Å². The van der Waals surface area contributed by atoms with Gasteiger partial charge in [0, 0.05) is 28.7 Å². The molecule has 0 radical (unpaired) electrons. The maximum Gasteiger partial charge on any atom is 0.336 e. The molecule has 0 fully saturated rings. The fraction of sp³-hybridized carbons (Fsp3) is 0. The van der Waals surface area contributed by atoms with E-state index in [1.54, 1.807) is 48.5 Å². The Balaban J connectivity index is 1.49. The van der Waals surface area contributed by atoms with Crippen LogP contribution in [0.2, 0.25) is 0 Å². The highest BCUT2D eigenvalue weighted by atomic mass is 127. The molecule has 4 rings (SSSR count). The number of aromatic carboxylic acids is 2. The molecular weight excluding hydrogens is 613 g/mol. The monoisotopic (exact) mass is 630 g/mol. The number of halogens is 1. The van der Waals surface area contributed by atoms with Crippen LogP contribution in [0.25, 0.3) is 0 Å². The molecule has 10 heteroatoms. The van der Waals surface area contributed by atoms with E-state index in [1.807, 2.05) is 24.3 Å². The number of carboxylic acid groups (broad SMARTS) is 2. The van der Waals surface area contributed by atoms with Gasteiger partial charge in [-0.3, -0.25) is 5.21 Å². The van der Waals surface area contributed by atoms with Crippen LogP contribution in [0, 0.1) is 3.57 Å². The third kappa shape index (κ3) is 6.52. The van der Waals surface area contributed by atoms with Crippen molar-refractivity contribution in [2.45, 2.75) is 19.6 Å². The van der Waals surface area contributed by atoms with Crippen molar-refractivity contribution in [3.8, 4) is 5.75 Å². The van der Waals surface area contributed by atoms with E-state index in [0.717, 1.165) is 13.4 Å². The SMILES string of the molecule is O=C([O-])c1ccccc1Sc1ccc(N(O)Oc2ccc(C(=O)O)c(Sc3cccc(I)c3)c2)cc1. The Kier molecular flexibility index (Phi) is 8.41. The number of hydrogen-bond donors (Lipinski definition) is 2. The summed E-state index contributed by atoms with van der Waals surface area (Å²) in [4.78, 5) is 31.2. The highest BCUT2D eigenvalue weighted by Crippen LogP contribution is 2.35. The highest BCUT2D eigenvalue weighted by molar-refractivity contribution is 14.1. The molecule has 4 aromatic carbocycles. The first-order chi connectivity index (χ1) is 17.3. The standard InChI is InChI=1S/C26H18INO6S2/c27-16-4-3-5-20(14-16)36-24-15-18(10-13-22(24)26(31)32)34-28(33)17-8-11-19(12-9-17)35-23-7-2-1-6-21(23)25(29)30/h1-15,33H,(H,29,30)(H,31,32)/p-1. The first kappa shape index (κ1) is 25.9. The molecule has 0 bridgehead atoms. The van der Waals surface area contributed by atoms with Crippen LogP contribution in [-0.4, -0.2) is 22.3 Å². The van der Waals surface area contributed by atoms with Gasteiger partial charge in [0.15, 0.2) is 5.75 Å². The summed E-state index contributed by atoms with van der Waals surface area (Å²) in [5.74, 6) is -2.07. The molecule has 0 saturated heterocycles. The molecular formula is C26H17INO6S2-. The summed E-state index contributed by atoms with van der Waals surface area (Å²) in [7, 11) is 0. The lowest BCUT2D eigenvalue weighted by Gasteiger charge is -2.18. The molecule has 0 amide bonds. The van der Waals surface area contributed by atoms with Crippen molar-refractivity contribution in [1.29, 1.82) is 0 Å². The largest absolute Gasteiger partial charge is 0.545 e. The molecule has 0 atom stereocenters. The van der Waals surface area contributed by atoms with Crippen molar-refractivity contribution in [2.75, 3.05) is 5.23 Å². The Morgan fingerprint density at radius 2 is 1.53 bits per heavy atom. The fourth-order valence-corrected chi connectivity index (χ4v) is 5.84. The number of rotatable bonds is 9. The zero-order valence-electron chi connectivity index (χ0n) is 18.3. The predicted octanol–water partition coefficient (Wildman–Crippen LogP) is 5.84. The van der Waals surface area contributed by atoms with Crippen LogP contribution in [0.4, 0.5) is 5.69 Å². The highest BCUT2D eigenvalue weighted by Gasteiger charge is 2.15. The second-order valence-electron chi connectivity index (χ2n) is 7.27. The van der Waals surface area contributed by atoms with Crippen molar-refractivity contribution in [3.05, 3.63) is 106 Å². The minimum Gasteiger partial charge on any atom is -0.545 e. The van der Waals surface area contributed by atoms with Gasteiger partial charge < -0.3 is 19.8 Å². The third-order valence-corrected chi connectivity index (χ3v) is 7.59.